The van der Waals surface area contributed by atoms with Crippen LogP contribution < -0.4 is 15.4 Å². The number of hydrogen-bond acceptors (Lipinski definition) is 8. The van der Waals surface area contributed by atoms with E-state index in [9.17, 15) is 25.0 Å². The van der Waals surface area contributed by atoms with E-state index in [-0.39, 0.29) is 45.0 Å². The molecule has 0 fully saturated rings. The van der Waals surface area contributed by atoms with Gasteiger partial charge in [0.2, 0.25) is 0 Å². The molecule has 2 aromatic carbocycles. The van der Waals surface area contributed by atoms with Crippen LogP contribution in [-0.4, -0.2) is 28.0 Å². The highest BCUT2D eigenvalue weighted by molar-refractivity contribution is 7.80. The van der Waals surface area contributed by atoms with Gasteiger partial charge in [0.1, 0.15) is 17.2 Å². The highest BCUT2D eigenvalue weighted by Gasteiger charge is 2.21. The molecule has 3 aromatic rings. The van der Waals surface area contributed by atoms with E-state index in [1.807, 2.05) is 0 Å². The highest BCUT2D eigenvalue weighted by Crippen LogP contribution is 2.31. The Morgan fingerprint density at radius 2 is 1.74 bits per heavy atom. The first-order valence-corrected chi connectivity index (χ1v) is 8.99. The molecule has 0 bridgehead atoms. The van der Waals surface area contributed by atoms with Gasteiger partial charge in [-0.15, -0.1) is 0 Å². The number of hydrogen-bond donors (Lipinski definition) is 2. The number of rotatable bonds is 6. The van der Waals surface area contributed by atoms with Crippen molar-refractivity contribution in [1.29, 1.82) is 0 Å². The monoisotopic (exact) mass is 442 g/mol. The molecule has 0 unspecified atom stereocenters. The predicted octanol–water partition coefficient (Wildman–Crippen LogP) is 3.90. The van der Waals surface area contributed by atoms with Crippen LogP contribution in [0.4, 0.5) is 17.1 Å². The molecule has 0 aliphatic rings. The molecule has 1 amide bonds. The second kappa shape index (κ2) is 9.00. The van der Waals surface area contributed by atoms with Gasteiger partial charge in [0.25, 0.3) is 17.3 Å². The van der Waals surface area contributed by atoms with Crippen molar-refractivity contribution in [3.05, 3.63) is 80.6 Å². The number of anilines is 1. The maximum atomic E-state index is 12.4. The number of benzene rings is 2. The fourth-order valence-corrected chi connectivity index (χ4v) is 2.86. The topological polar surface area (TPSA) is 150 Å². The molecule has 0 atom stereocenters. The minimum atomic E-state index is -0.738. The number of methoxy groups -OCH3 is 1. The molecule has 0 saturated carbocycles. The standard InChI is InChI=1S/C19H14N4O7S/c1-29-11-6-7-13(15(10-11)23(27)28)20-19(31)21-18(24)17-9-8-16(30-17)12-4-2-3-5-14(12)22(25)26/h2-10H,1H3,(H2,20,21,24,31). The summed E-state index contributed by atoms with van der Waals surface area (Å²) in [4.78, 5) is 33.6. The van der Waals surface area contributed by atoms with Crippen molar-refractivity contribution in [3.8, 4) is 17.1 Å². The van der Waals surface area contributed by atoms with Crippen LogP contribution in [0.1, 0.15) is 10.6 Å². The van der Waals surface area contributed by atoms with Gasteiger partial charge in [0, 0.05) is 6.07 Å². The summed E-state index contributed by atoms with van der Waals surface area (Å²) >= 11 is 5.05. The Kier molecular flexibility index (Phi) is 6.21. The molecule has 11 nitrogen and oxygen atoms in total. The summed E-state index contributed by atoms with van der Waals surface area (Å²) in [5, 5.41) is 27.1. The van der Waals surface area contributed by atoms with Gasteiger partial charge in [-0.05, 0) is 42.5 Å². The Labute approximate surface area is 179 Å². The number of amides is 1. The van der Waals surface area contributed by atoms with Crippen molar-refractivity contribution in [2.75, 3.05) is 12.4 Å². The van der Waals surface area contributed by atoms with E-state index < -0.39 is 15.8 Å². The number of nitro groups is 2. The number of carbonyl (C=O) groups excluding carboxylic acids is 1. The molecule has 12 heteroatoms. The minimum absolute atomic E-state index is 0.0520. The van der Waals surface area contributed by atoms with Crippen LogP contribution in [0.2, 0.25) is 0 Å². The number of thiocarbonyl (C=S) groups is 1. The van der Waals surface area contributed by atoms with Crippen molar-refractivity contribution in [1.82, 2.24) is 5.32 Å². The average molecular weight is 442 g/mol. The maximum Gasteiger partial charge on any atom is 0.296 e. The molecule has 0 spiro atoms. The van der Waals surface area contributed by atoms with Crippen LogP contribution in [0.25, 0.3) is 11.3 Å². The summed E-state index contributed by atoms with van der Waals surface area (Å²) in [6.45, 7) is 0. The Bertz CT molecular complexity index is 1190. The smallest absolute Gasteiger partial charge is 0.296 e. The third-order valence-corrected chi connectivity index (χ3v) is 4.28. The van der Waals surface area contributed by atoms with Gasteiger partial charge in [-0.1, -0.05) is 12.1 Å². The number of furan rings is 1. The number of ether oxygens (including phenoxy) is 1. The summed E-state index contributed by atoms with van der Waals surface area (Å²) in [5.41, 5.74) is -0.210. The molecule has 2 N–H and O–H groups in total. The van der Waals surface area contributed by atoms with E-state index in [0.29, 0.717) is 0 Å². The van der Waals surface area contributed by atoms with Crippen LogP contribution in [0.5, 0.6) is 5.75 Å². The van der Waals surface area contributed by atoms with Crippen LogP contribution >= 0.6 is 12.2 Å². The molecule has 0 saturated heterocycles. The quantitative estimate of drug-likeness (QED) is 0.329. The SMILES string of the molecule is COc1ccc(NC(=S)NC(=O)c2ccc(-c3ccccc3[N+](=O)[O-])o2)c([N+](=O)[O-])c1. The number of para-hydroxylation sites is 1. The van der Waals surface area contributed by atoms with Gasteiger partial charge in [0.05, 0.1) is 28.6 Å². The third kappa shape index (κ3) is 4.82. The normalized spacial score (nSPS) is 10.2. The zero-order chi connectivity index (χ0) is 22.5. The van der Waals surface area contributed by atoms with Gasteiger partial charge in [-0.25, -0.2) is 0 Å². The van der Waals surface area contributed by atoms with Crippen molar-refractivity contribution in [3.63, 3.8) is 0 Å². The van der Waals surface area contributed by atoms with Crippen molar-refractivity contribution in [2.24, 2.45) is 0 Å². The molecule has 31 heavy (non-hydrogen) atoms. The second-order valence-electron chi connectivity index (χ2n) is 5.99. The van der Waals surface area contributed by atoms with Gasteiger partial charge in [-0.3, -0.25) is 30.3 Å². The molecule has 0 radical (unpaired) electrons. The Morgan fingerprint density at radius 1 is 1.03 bits per heavy atom. The first-order chi connectivity index (χ1) is 14.8. The Balaban J connectivity index is 1.74. The fraction of sp³-hybridized carbons (Fsp3) is 0.0526. The first kappa shape index (κ1) is 21.4. The van der Waals surface area contributed by atoms with Crippen LogP contribution in [0.3, 0.4) is 0 Å². The molecule has 1 aromatic heterocycles. The zero-order valence-electron chi connectivity index (χ0n) is 15.9. The van der Waals surface area contributed by atoms with E-state index in [0.717, 1.165) is 0 Å². The van der Waals surface area contributed by atoms with Crippen LogP contribution in [0, 0.1) is 20.2 Å². The molecule has 3 rings (SSSR count). The first-order valence-electron chi connectivity index (χ1n) is 8.58. The zero-order valence-corrected chi connectivity index (χ0v) is 16.7. The van der Waals surface area contributed by atoms with Crippen LogP contribution in [0.15, 0.2) is 59.0 Å². The van der Waals surface area contributed by atoms with Crippen molar-refractivity contribution < 1.29 is 23.8 Å². The second-order valence-corrected chi connectivity index (χ2v) is 6.39. The van der Waals surface area contributed by atoms with E-state index >= 15 is 0 Å². The summed E-state index contributed by atoms with van der Waals surface area (Å²) in [6.07, 6.45) is 0. The Hall–Kier alpha value is -4.32. The van der Waals surface area contributed by atoms with Gasteiger partial charge in [0.15, 0.2) is 10.9 Å². The number of nitro benzene ring substituents is 2. The van der Waals surface area contributed by atoms with E-state index in [1.54, 1.807) is 6.07 Å². The van der Waals surface area contributed by atoms with Gasteiger partial charge in [-0.2, -0.15) is 0 Å². The Morgan fingerprint density at radius 3 is 2.42 bits per heavy atom. The summed E-state index contributed by atoms with van der Waals surface area (Å²) < 4.78 is 10.4. The summed E-state index contributed by atoms with van der Waals surface area (Å²) in [5.74, 6) is -0.479. The van der Waals surface area contributed by atoms with E-state index in [4.69, 9.17) is 21.4 Å². The highest BCUT2D eigenvalue weighted by atomic mass is 32.1. The maximum absolute atomic E-state index is 12.4. The molecular formula is C19H14N4O7S. The molecule has 1 heterocycles. The molecular weight excluding hydrogens is 428 g/mol. The fourth-order valence-electron chi connectivity index (χ4n) is 2.66. The summed E-state index contributed by atoms with van der Waals surface area (Å²) in [7, 11) is 1.37. The third-order valence-electron chi connectivity index (χ3n) is 4.07. The largest absolute Gasteiger partial charge is 0.496 e. The number of nitrogens with one attached hydrogen (secondary N) is 2. The number of nitrogens with zero attached hydrogens (tertiary/aromatic N) is 2. The lowest BCUT2D eigenvalue weighted by atomic mass is 10.1. The molecule has 0 aliphatic heterocycles. The summed E-state index contributed by atoms with van der Waals surface area (Å²) in [6, 6.07) is 12.8. The van der Waals surface area contributed by atoms with Gasteiger partial charge >= 0.3 is 0 Å². The van der Waals surface area contributed by atoms with Crippen molar-refractivity contribution >= 4 is 40.3 Å². The lowest BCUT2D eigenvalue weighted by Crippen LogP contribution is -2.34. The average Bonchev–Trinajstić information content (AvgIpc) is 3.24. The lowest BCUT2D eigenvalue weighted by molar-refractivity contribution is -0.384. The predicted molar refractivity (Wildman–Crippen MR) is 114 cm³/mol. The van der Waals surface area contributed by atoms with Gasteiger partial charge < -0.3 is 14.5 Å². The molecule has 0 aliphatic carbocycles. The minimum Gasteiger partial charge on any atom is -0.496 e. The van der Waals surface area contributed by atoms with E-state index in [1.165, 1.54) is 55.6 Å². The number of carbonyl (C=O) groups is 1. The van der Waals surface area contributed by atoms with Crippen molar-refractivity contribution in [2.45, 2.75) is 0 Å². The lowest BCUT2D eigenvalue weighted by Gasteiger charge is -2.10. The van der Waals surface area contributed by atoms with E-state index in [2.05, 4.69) is 10.6 Å². The van der Waals surface area contributed by atoms with Crippen LogP contribution in [-0.2, 0) is 0 Å². The molecule has 158 valence electrons.